The molecule has 0 spiro atoms. The third-order valence-corrected chi connectivity index (χ3v) is 5.62. The van der Waals surface area contributed by atoms with Gasteiger partial charge in [0.2, 0.25) is 5.75 Å². The standard InChI is InChI=1S/C25H28N6O5/c1-5-16-6-8-17(9-7-16)20(14-26)31(25(33)19-15-28-30-29-19)13-12-27-24(32)18-10-11-21(34-2)23(36-4)22(18)35-3/h6-11,15,20H,5,12-13H2,1-4H3,(H,27,32)(H,28,29,30). The summed E-state index contributed by atoms with van der Waals surface area (Å²) in [6.07, 6.45) is 2.21. The monoisotopic (exact) mass is 492 g/mol. The molecule has 1 heterocycles. The number of nitriles is 1. The van der Waals surface area contributed by atoms with Gasteiger partial charge in [0.05, 0.1) is 39.2 Å². The Morgan fingerprint density at radius 3 is 2.36 bits per heavy atom. The lowest BCUT2D eigenvalue weighted by Crippen LogP contribution is -2.40. The Labute approximate surface area is 209 Å². The van der Waals surface area contributed by atoms with Gasteiger partial charge in [0.1, 0.15) is 6.04 Å². The summed E-state index contributed by atoms with van der Waals surface area (Å²) in [5.74, 6) is -0.0113. The molecule has 36 heavy (non-hydrogen) atoms. The average molecular weight is 493 g/mol. The molecule has 11 nitrogen and oxygen atoms in total. The van der Waals surface area contributed by atoms with E-state index in [1.807, 2.05) is 31.2 Å². The second-order valence-corrected chi connectivity index (χ2v) is 7.62. The number of hydrogen-bond donors (Lipinski definition) is 2. The van der Waals surface area contributed by atoms with Crippen LogP contribution in [0.1, 0.15) is 44.9 Å². The van der Waals surface area contributed by atoms with Crippen molar-refractivity contribution < 1.29 is 23.8 Å². The summed E-state index contributed by atoms with van der Waals surface area (Å²) in [6.45, 7) is 2.14. The molecular weight excluding hydrogens is 464 g/mol. The first-order valence-corrected chi connectivity index (χ1v) is 11.2. The maximum Gasteiger partial charge on any atom is 0.277 e. The summed E-state index contributed by atoms with van der Waals surface area (Å²) in [5.41, 5.74) is 2.06. The van der Waals surface area contributed by atoms with Crippen molar-refractivity contribution >= 4 is 11.8 Å². The summed E-state index contributed by atoms with van der Waals surface area (Å²) in [6, 6.07) is 11.9. The van der Waals surface area contributed by atoms with Crippen molar-refractivity contribution in [3.05, 3.63) is 65.0 Å². The highest BCUT2D eigenvalue weighted by atomic mass is 16.5. The molecule has 0 aliphatic heterocycles. The highest BCUT2D eigenvalue weighted by Crippen LogP contribution is 2.39. The molecule has 2 N–H and O–H groups in total. The second-order valence-electron chi connectivity index (χ2n) is 7.62. The fraction of sp³-hybridized carbons (Fsp3) is 0.320. The average Bonchev–Trinajstić information content (AvgIpc) is 3.46. The minimum Gasteiger partial charge on any atom is -0.493 e. The van der Waals surface area contributed by atoms with E-state index in [0.717, 1.165) is 12.0 Å². The molecular formula is C25H28N6O5. The highest BCUT2D eigenvalue weighted by Gasteiger charge is 2.28. The number of aromatic nitrogens is 3. The summed E-state index contributed by atoms with van der Waals surface area (Å²) >= 11 is 0. The molecule has 0 aliphatic rings. The molecule has 1 aromatic heterocycles. The van der Waals surface area contributed by atoms with Crippen LogP contribution in [-0.2, 0) is 6.42 Å². The lowest BCUT2D eigenvalue weighted by atomic mass is 10.0. The zero-order chi connectivity index (χ0) is 26.1. The first kappa shape index (κ1) is 26.0. The molecule has 3 rings (SSSR count). The highest BCUT2D eigenvalue weighted by molar-refractivity contribution is 5.98. The largest absolute Gasteiger partial charge is 0.493 e. The molecule has 0 saturated heterocycles. The Bertz CT molecular complexity index is 1220. The first-order valence-electron chi connectivity index (χ1n) is 11.2. The van der Waals surface area contributed by atoms with Crippen LogP contribution in [0.3, 0.4) is 0 Å². The van der Waals surface area contributed by atoms with E-state index >= 15 is 0 Å². The minimum atomic E-state index is -0.896. The maximum absolute atomic E-state index is 13.2. The van der Waals surface area contributed by atoms with Crippen LogP contribution in [0.25, 0.3) is 0 Å². The van der Waals surface area contributed by atoms with Crippen LogP contribution in [0.2, 0.25) is 0 Å². The summed E-state index contributed by atoms with van der Waals surface area (Å²) in [7, 11) is 4.36. The molecule has 188 valence electrons. The molecule has 0 aliphatic carbocycles. The number of carbonyl (C=O) groups is 2. The zero-order valence-electron chi connectivity index (χ0n) is 20.6. The molecule has 1 atom stereocenters. The number of H-pyrrole nitrogens is 1. The third kappa shape index (κ3) is 5.55. The van der Waals surface area contributed by atoms with E-state index in [2.05, 4.69) is 26.8 Å². The maximum atomic E-state index is 13.2. The predicted molar refractivity (Wildman–Crippen MR) is 130 cm³/mol. The molecule has 0 radical (unpaired) electrons. The number of nitrogens with one attached hydrogen (secondary N) is 2. The van der Waals surface area contributed by atoms with Crippen molar-refractivity contribution in [2.45, 2.75) is 19.4 Å². The Morgan fingerprint density at radius 1 is 1.08 bits per heavy atom. The number of carbonyl (C=O) groups excluding carboxylic acids is 2. The fourth-order valence-electron chi connectivity index (χ4n) is 3.73. The zero-order valence-corrected chi connectivity index (χ0v) is 20.6. The van der Waals surface area contributed by atoms with Gasteiger partial charge in [-0.05, 0) is 29.7 Å². The lowest BCUT2D eigenvalue weighted by molar-refractivity contribution is 0.0704. The number of rotatable bonds is 11. The molecule has 1 unspecified atom stereocenters. The molecule has 0 bridgehead atoms. The van der Waals surface area contributed by atoms with Crippen LogP contribution in [0.4, 0.5) is 0 Å². The van der Waals surface area contributed by atoms with Crippen molar-refractivity contribution in [2.75, 3.05) is 34.4 Å². The van der Waals surface area contributed by atoms with E-state index in [4.69, 9.17) is 14.2 Å². The van der Waals surface area contributed by atoms with Crippen LogP contribution in [0.15, 0.2) is 42.6 Å². The van der Waals surface area contributed by atoms with Crippen molar-refractivity contribution in [1.29, 1.82) is 5.26 Å². The van der Waals surface area contributed by atoms with Crippen LogP contribution in [-0.4, -0.2) is 66.5 Å². The number of nitrogens with zero attached hydrogens (tertiary/aromatic N) is 4. The molecule has 11 heteroatoms. The van der Waals surface area contributed by atoms with Gasteiger partial charge in [-0.1, -0.05) is 36.4 Å². The predicted octanol–water partition coefficient (Wildman–Crippen LogP) is 2.53. The Hall–Kier alpha value is -4.59. The molecule has 3 aromatic rings. The number of methoxy groups -OCH3 is 3. The number of amides is 2. The van der Waals surface area contributed by atoms with E-state index < -0.39 is 17.9 Å². The van der Waals surface area contributed by atoms with Crippen LogP contribution >= 0.6 is 0 Å². The molecule has 0 saturated carbocycles. The summed E-state index contributed by atoms with van der Waals surface area (Å²) in [5, 5.41) is 22.6. The minimum absolute atomic E-state index is 0.0425. The van der Waals surface area contributed by atoms with E-state index in [-0.39, 0.29) is 35.8 Å². The van der Waals surface area contributed by atoms with Crippen LogP contribution in [0, 0.1) is 11.3 Å². The number of aromatic amines is 1. The van der Waals surface area contributed by atoms with E-state index in [0.29, 0.717) is 11.3 Å². The van der Waals surface area contributed by atoms with Crippen molar-refractivity contribution in [1.82, 2.24) is 25.6 Å². The first-order chi connectivity index (χ1) is 17.5. The van der Waals surface area contributed by atoms with E-state index in [9.17, 15) is 14.9 Å². The summed E-state index contributed by atoms with van der Waals surface area (Å²) < 4.78 is 16.0. The van der Waals surface area contributed by atoms with Gasteiger partial charge < -0.3 is 24.4 Å². The van der Waals surface area contributed by atoms with Gasteiger partial charge in [-0.15, -0.1) is 5.10 Å². The van der Waals surface area contributed by atoms with Gasteiger partial charge in [0.15, 0.2) is 17.2 Å². The van der Waals surface area contributed by atoms with Gasteiger partial charge in [0.25, 0.3) is 11.8 Å². The van der Waals surface area contributed by atoms with E-state index in [1.165, 1.54) is 32.4 Å². The smallest absolute Gasteiger partial charge is 0.277 e. The Balaban J connectivity index is 1.82. The van der Waals surface area contributed by atoms with Crippen LogP contribution in [0.5, 0.6) is 17.2 Å². The van der Waals surface area contributed by atoms with E-state index in [1.54, 1.807) is 12.1 Å². The van der Waals surface area contributed by atoms with Crippen LogP contribution < -0.4 is 19.5 Å². The Kier molecular flexibility index (Phi) is 8.83. The number of ether oxygens (including phenoxy) is 3. The van der Waals surface area contributed by atoms with Crippen molar-refractivity contribution in [2.24, 2.45) is 0 Å². The van der Waals surface area contributed by atoms with Gasteiger partial charge in [-0.3, -0.25) is 14.7 Å². The fourth-order valence-corrected chi connectivity index (χ4v) is 3.73. The van der Waals surface area contributed by atoms with Crippen molar-refractivity contribution in [3.8, 4) is 23.3 Å². The van der Waals surface area contributed by atoms with Crippen molar-refractivity contribution in [3.63, 3.8) is 0 Å². The third-order valence-electron chi connectivity index (χ3n) is 5.62. The van der Waals surface area contributed by atoms with Gasteiger partial charge in [-0.2, -0.15) is 5.26 Å². The topological polar surface area (TPSA) is 142 Å². The normalized spacial score (nSPS) is 11.2. The molecule has 2 aromatic carbocycles. The molecule has 0 fully saturated rings. The number of hydrogen-bond acceptors (Lipinski definition) is 8. The van der Waals surface area contributed by atoms with Gasteiger partial charge in [-0.25, -0.2) is 0 Å². The number of aryl methyl sites for hydroxylation is 1. The lowest BCUT2D eigenvalue weighted by Gasteiger charge is -2.27. The van der Waals surface area contributed by atoms with Gasteiger partial charge >= 0.3 is 0 Å². The SMILES string of the molecule is CCc1ccc(C(C#N)N(CCNC(=O)c2ccc(OC)c(OC)c2OC)C(=O)c2c[nH]nn2)cc1. The molecule has 2 amide bonds. The second kappa shape index (κ2) is 12.2. The quantitative estimate of drug-likeness (QED) is 0.416. The Morgan fingerprint density at radius 2 is 1.81 bits per heavy atom. The number of benzene rings is 2. The van der Waals surface area contributed by atoms with Gasteiger partial charge in [0, 0.05) is 13.1 Å². The summed E-state index contributed by atoms with van der Waals surface area (Å²) in [4.78, 5) is 27.5.